The van der Waals surface area contributed by atoms with E-state index < -0.39 is 11.9 Å². The summed E-state index contributed by atoms with van der Waals surface area (Å²) in [6.45, 7) is 1.59. The minimum atomic E-state index is -0.772. The van der Waals surface area contributed by atoms with Gasteiger partial charge >= 0.3 is 0 Å². The van der Waals surface area contributed by atoms with Crippen molar-refractivity contribution in [2.75, 3.05) is 14.2 Å². The van der Waals surface area contributed by atoms with Crippen molar-refractivity contribution in [3.05, 3.63) is 71.8 Å². The van der Waals surface area contributed by atoms with Gasteiger partial charge in [-0.25, -0.2) is 5.43 Å². The number of hydrazone groups is 1. The number of ether oxygens (including phenoxy) is 2. The van der Waals surface area contributed by atoms with Crippen LogP contribution in [0.5, 0.6) is 11.5 Å². The van der Waals surface area contributed by atoms with Gasteiger partial charge in [-0.15, -0.1) is 0 Å². The molecule has 0 fully saturated rings. The highest BCUT2D eigenvalue weighted by Gasteiger charge is 2.16. The first kappa shape index (κ1) is 20.9. The second-order valence-electron chi connectivity index (χ2n) is 6.56. The highest BCUT2D eigenvalue weighted by atomic mass is 16.5. The highest BCUT2D eigenvalue weighted by molar-refractivity contribution is 6.03. The molecule has 0 aliphatic rings. The molecule has 1 unspecified atom stereocenters. The maximum atomic E-state index is 12.3. The average Bonchev–Trinajstić information content (AvgIpc) is 2.78. The largest absolute Gasteiger partial charge is 0.497 e. The molecule has 0 aromatic heterocycles. The van der Waals surface area contributed by atoms with Crippen LogP contribution in [0.4, 0.5) is 0 Å². The molecule has 1 atom stereocenters. The molecular weight excluding hydrogens is 382 g/mol. The van der Waals surface area contributed by atoms with Crippen LogP contribution in [0, 0.1) is 0 Å². The molecule has 3 rings (SSSR count). The van der Waals surface area contributed by atoms with Gasteiger partial charge in [-0.3, -0.25) is 9.59 Å². The molecule has 7 heteroatoms. The number of nitrogens with one attached hydrogen (secondary N) is 2. The Morgan fingerprint density at radius 2 is 1.70 bits per heavy atom. The van der Waals surface area contributed by atoms with E-state index in [0.717, 1.165) is 16.3 Å². The van der Waals surface area contributed by atoms with E-state index in [1.807, 2.05) is 36.4 Å². The van der Waals surface area contributed by atoms with Gasteiger partial charge in [0.2, 0.25) is 0 Å². The number of methoxy groups -OCH3 is 2. The zero-order valence-electron chi connectivity index (χ0n) is 17.0. The summed E-state index contributed by atoms with van der Waals surface area (Å²) in [4.78, 5) is 24.6. The van der Waals surface area contributed by atoms with Crippen molar-refractivity contribution in [3.63, 3.8) is 0 Å². The number of fused-ring (bicyclic) bond motifs is 1. The molecule has 0 saturated heterocycles. The van der Waals surface area contributed by atoms with E-state index in [-0.39, 0.29) is 5.91 Å². The fourth-order valence-corrected chi connectivity index (χ4v) is 2.93. The fraction of sp³-hybridized carbons (Fsp3) is 0.174. The van der Waals surface area contributed by atoms with Crippen molar-refractivity contribution in [1.82, 2.24) is 10.7 Å². The molecule has 30 heavy (non-hydrogen) atoms. The molecule has 0 radical (unpaired) electrons. The SMILES string of the molecule is COc1ccc(C(=O)NC(C)C(=O)NN=Cc2c(OC)ccc3ccccc23)cc1. The minimum absolute atomic E-state index is 0.361. The highest BCUT2D eigenvalue weighted by Crippen LogP contribution is 2.26. The molecule has 0 aliphatic heterocycles. The molecule has 3 aromatic rings. The van der Waals surface area contributed by atoms with Gasteiger partial charge in [0.1, 0.15) is 17.5 Å². The topological polar surface area (TPSA) is 89.0 Å². The van der Waals surface area contributed by atoms with Crippen LogP contribution in [0.2, 0.25) is 0 Å². The number of amides is 2. The first-order valence-electron chi connectivity index (χ1n) is 9.37. The molecule has 0 saturated carbocycles. The smallest absolute Gasteiger partial charge is 0.262 e. The van der Waals surface area contributed by atoms with E-state index in [2.05, 4.69) is 15.8 Å². The fourth-order valence-electron chi connectivity index (χ4n) is 2.93. The van der Waals surface area contributed by atoms with E-state index in [0.29, 0.717) is 17.1 Å². The van der Waals surface area contributed by atoms with Gasteiger partial charge in [-0.2, -0.15) is 5.10 Å². The summed E-state index contributed by atoms with van der Waals surface area (Å²) in [5.74, 6) is 0.496. The van der Waals surface area contributed by atoms with E-state index in [1.54, 1.807) is 45.4 Å². The Kier molecular flexibility index (Phi) is 6.64. The maximum absolute atomic E-state index is 12.3. The summed E-state index contributed by atoms with van der Waals surface area (Å²) in [5, 5.41) is 8.68. The minimum Gasteiger partial charge on any atom is -0.497 e. The molecule has 3 aromatic carbocycles. The Hall–Kier alpha value is -3.87. The van der Waals surface area contributed by atoms with Crippen LogP contribution in [0.15, 0.2) is 65.8 Å². The van der Waals surface area contributed by atoms with Crippen LogP contribution in [0.3, 0.4) is 0 Å². The number of carbonyl (C=O) groups is 2. The van der Waals surface area contributed by atoms with E-state index in [9.17, 15) is 9.59 Å². The second-order valence-corrected chi connectivity index (χ2v) is 6.56. The number of rotatable bonds is 7. The molecule has 0 bridgehead atoms. The Balaban J connectivity index is 1.65. The lowest BCUT2D eigenvalue weighted by Crippen LogP contribution is -2.43. The zero-order valence-corrected chi connectivity index (χ0v) is 17.0. The number of hydrogen-bond acceptors (Lipinski definition) is 5. The monoisotopic (exact) mass is 405 g/mol. The van der Waals surface area contributed by atoms with Crippen molar-refractivity contribution in [1.29, 1.82) is 0 Å². The van der Waals surface area contributed by atoms with Crippen molar-refractivity contribution in [3.8, 4) is 11.5 Å². The Morgan fingerprint density at radius 1 is 0.967 bits per heavy atom. The lowest BCUT2D eigenvalue weighted by atomic mass is 10.0. The third-order valence-electron chi connectivity index (χ3n) is 4.61. The summed E-state index contributed by atoms with van der Waals surface area (Å²) >= 11 is 0. The quantitative estimate of drug-likeness (QED) is 0.467. The summed E-state index contributed by atoms with van der Waals surface area (Å²) in [5.41, 5.74) is 3.65. The second kappa shape index (κ2) is 9.56. The van der Waals surface area contributed by atoms with Crippen LogP contribution in [-0.2, 0) is 4.79 Å². The summed E-state index contributed by atoms with van der Waals surface area (Å²) in [6, 6.07) is 17.5. The standard InChI is InChI=1S/C23H23N3O4/c1-15(25-23(28)17-8-11-18(29-2)12-9-17)22(27)26-24-14-20-19-7-5-4-6-16(19)10-13-21(20)30-3/h4-15H,1-3H3,(H,25,28)(H,26,27). The Morgan fingerprint density at radius 3 is 2.40 bits per heavy atom. The molecule has 0 heterocycles. The normalized spacial score (nSPS) is 11.8. The van der Waals surface area contributed by atoms with Crippen molar-refractivity contribution in [2.24, 2.45) is 5.10 Å². The van der Waals surface area contributed by atoms with Crippen LogP contribution < -0.4 is 20.2 Å². The van der Waals surface area contributed by atoms with Crippen molar-refractivity contribution >= 4 is 28.8 Å². The molecule has 2 amide bonds. The van der Waals surface area contributed by atoms with Crippen molar-refractivity contribution < 1.29 is 19.1 Å². The Bertz CT molecular complexity index is 1080. The molecule has 2 N–H and O–H groups in total. The van der Waals surface area contributed by atoms with Gasteiger partial charge in [0, 0.05) is 11.1 Å². The third-order valence-corrected chi connectivity index (χ3v) is 4.61. The lowest BCUT2D eigenvalue weighted by molar-refractivity contribution is -0.122. The molecular formula is C23H23N3O4. The van der Waals surface area contributed by atoms with Gasteiger partial charge in [0.05, 0.1) is 20.4 Å². The molecule has 0 spiro atoms. The molecule has 7 nitrogen and oxygen atoms in total. The predicted octanol–water partition coefficient (Wildman–Crippen LogP) is 3.13. The van der Waals surface area contributed by atoms with E-state index in [4.69, 9.17) is 9.47 Å². The van der Waals surface area contributed by atoms with Gasteiger partial charge in [0.15, 0.2) is 0 Å². The lowest BCUT2D eigenvalue weighted by Gasteiger charge is -2.12. The van der Waals surface area contributed by atoms with E-state index in [1.165, 1.54) is 6.21 Å². The van der Waals surface area contributed by atoms with Gasteiger partial charge in [-0.05, 0) is 48.0 Å². The summed E-state index contributed by atoms with van der Waals surface area (Å²) < 4.78 is 10.5. The number of nitrogens with zero attached hydrogens (tertiary/aromatic N) is 1. The number of carbonyl (C=O) groups excluding carboxylic acids is 2. The maximum Gasteiger partial charge on any atom is 0.262 e. The number of benzene rings is 3. The first-order chi connectivity index (χ1) is 14.5. The van der Waals surface area contributed by atoms with Crippen LogP contribution >= 0.6 is 0 Å². The molecule has 154 valence electrons. The van der Waals surface area contributed by atoms with Gasteiger partial charge < -0.3 is 14.8 Å². The van der Waals surface area contributed by atoms with Crippen LogP contribution in [0.1, 0.15) is 22.8 Å². The van der Waals surface area contributed by atoms with Crippen LogP contribution in [-0.4, -0.2) is 38.3 Å². The van der Waals surface area contributed by atoms with Crippen molar-refractivity contribution in [2.45, 2.75) is 13.0 Å². The summed E-state index contributed by atoms with van der Waals surface area (Å²) in [6.07, 6.45) is 1.54. The number of hydrogen-bond donors (Lipinski definition) is 2. The summed E-state index contributed by atoms with van der Waals surface area (Å²) in [7, 11) is 3.13. The van der Waals surface area contributed by atoms with E-state index >= 15 is 0 Å². The van der Waals surface area contributed by atoms with Gasteiger partial charge in [0.25, 0.3) is 11.8 Å². The van der Waals surface area contributed by atoms with Crippen LogP contribution in [0.25, 0.3) is 10.8 Å². The first-order valence-corrected chi connectivity index (χ1v) is 9.37. The predicted molar refractivity (Wildman–Crippen MR) is 116 cm³/mol. The molecule has 0 aliphatic carbocycles. The third kappa shape index (κ3) is 4.75. The average molecular weight is 405 g/mol. The van der Waals surface area contributed by atoms with Gasteiger partial charge in [-0.1, -0.05) is 30.3 Å². The Labute approximate surface area is 174 Å². The zero-order chi connectivity index (χ0) is 21.5.